The third-order valence-corrected chi connectivity index (χ3v) is 3.57. The number of halogens is 3. The summed E-state index contributed by atoms with van der Waals surface area (Å²) in [6, 6.07) is 9.14. The number of hydrogen-bond acceptors (Lipinski definition) is 1. The van der Waals surface area contributed by atoms with Gasteiger partial charge in [-0.1, -0.05) is 18.2 Å². The molecule has 4 heteroatoms. The highest BCUT2D eigenvalue weighted by Gasteiger charge is 2.21. The molecular weight excluding hydrogens is 349 g/mol. The van der Waals surface area contributed by atoms with Crippen LogP contribution in [0.2, 0.25) is 0 Å². The highest BCUT2D eigenvalue weighted by atomic mass is 127. The van der Waals surface area contributed by atoms with Crippen LogP contribution >= 0.6 is 22.6 Å². The molecule has 0 aliphatic rings. The lowest BCUT2D eigenvalue weighted by Crippen LogP contribution is -2.10. The van der Waals surface area contributed by atoms with Gasteiger partial charge in [-0.25, -0.2) is 8.78 Å². The van der Waals surface area contributed by atoms with Gasteiger partial charge in [0.2, 0.25) is 0 Å². The van der Waals surface area contributed by atoms with E-state index in [0.717, 1.165) is 6.07 Å². The Balaban J connectivity index is 2.61. The van der Waals surface area contributed by atoms with E-state index in [9.17, 15) is 13.6 Å². The summed E-state index contributed by atoms with van der Waals surface area (Å²) in [7, 11) is 0. The summed E-state index contributed by atoms with van der Waals surface area (Å²) in [5.41, 5.74) is 0.0753. The van der Waals surface area contributed by atoms with Gasteiger partial charge in [0.15, 0.2) is 5.78 Å². The van der Waals surface area contributed by atoms with Gasteiger partial charge in [-0.3, -0.25) is 4.79 Å². The van der Waals surface area contributed by atoms with Gasteiger partial charge in [-0.15, -0.1) is 0 Å². The normalized spacial score (nSPS) is 10.4. The van der Waals surface area contributed by atoms with E-state index < -0.39 is 23.0 Å². The molecule has 0 bridgehead atoms. The van der Waals surface area contributed by atoms with Crippen molar-refractivity contribution in [2.45, 2.75) is 6.92 Å². The third kappa shape index (κ3) is 2.29. The van der Waals surface area contributed by atoms with Crippen molar-refractivity contribution < 1.29 is 13.6 Å². The maximum Gasteiger partial charge on any atom is 0.200 e. The van der Waals surface area contributed by atoms with Crippen molar-refractivity contribution >= 4 is 28.4 Å². The minimum atomic E-state index is -0.831. The van der Waals surface area contributed by atoms with Gasteiger partial charge < -0.3 is 0 Å². The van der Waals surface area contributed by atoms with Gasteiger partial charge in [0.1, 0.15) is 11.6 Å². The average molecular weight is 358 g/mol. The van der Waals surface area contributed by atoms with Crippen LogP contribution in [0.4, 0.5) is 8.78 Å². The van der Waals surface area contributed by atoms with Crippen molar-refractivity contribution in [1.82, 2.24) is 0 Å². The summed E-state index contributed by atoms with van der Waals surface area (Å²) < 4.78 is 28.2. The predicted octanol–water partition coefficient (Wildman–Crippen LogP) is 4.11. The molecular formula is C14H9F2IO. The maximum atomic E-state index is 13.9. The Morgan fingerprint density at radius 1 is 1.11 bits per heavy atom. The van der Waals surface area contributed by atoms with Crippen LogP contribution in [-0.2, 0) is 0 Å². The maximum absolute atomic E-state index is 13.9. The van der Waals surface area contributed by atoms with Crippen LogP contribution in [0.5, 0.6) is 0 Å². The zero-order chi connectivity index (χ0) is 13.3. The molecule has 2 rings (SSSR count). The van der Waals surface area contributed by atoms with E-state index in [1.165, 1.54) is 13.0 Å². The molecule has 0 aliphatic heterocycles. The van der Waals surface area contributed by atoms with Crippen molar-refractivity contribution in [3.8, 4) is 0 Å². The fourth-order valence-electron chi connectivity index (χ4n) is 1.64. The van der Waals surface area contributed by atoms with Crippen LogP contribution in [0.1, 0.15) is 21.5 Å². The van der Waals surface area contributed by atoms with E-state index in [1.54, 1.807) is 24.3 Å². The van der Waals surface area contributed by atoms with Crippen molar-refractivity contribution in [1.29, 1.82) is 0 Å². The van der Waals surface area contributed by atoms with Gasteiger partial charge in [0, 0.05) is 9.13 Å². The molecule has 2 aromatic rings. The molecule has 0 N–H and O–H groups in total. The molecule has 18 heavy (non-hydrogen) atoms. The second kappa shape index (κ2) is 5.14. The molecule has 0 aromatic heterocycles. The van der Waals surface area contributed by atoms with E-state index in [0.29, 0.717) is 9.13 Å². The highest BCUT2D eigenvalue weighted by Crippen LogP contribution is 2.22. The van der Waals surface area contributed by atoms with Crippen LogP contribution < -0.4 is 0 Å². The van der Waals surface area contributed by atoms with E-state index in [4.69, 9.17) is 0 Å². The largest absolute Gasteiger partial charge is 0.288 e. The standard InChI is InChI=1S/C14H9F2IO/c1-8-6-7-10(15)12(13(8)16)14(18)9-4-2-3-5-11(9)17/h2-7H,1H3. The molecule has 1 nitrogen and oxygen atoms in total. The summed E-state index contributed by atoms with van der Waals surface area (Å²) in [5, 5.41) is 0. The van der Waals surface area contributed by atoms with Gasteiger partial charge >= 0.3 is 0 Å². The zero-order valence-electron chi connectivity index (χ0n) is 9.51. The summed E-state index contributed by atoms with van der Waals surface area (Å²) in [6.07, 6.45) is 0. The Morgan fingerprint density at radius 2 is 1.78 bits per heavy atom. The molecule has 0 saturated carbocycles. The van der Waals surface area contributed by atoms with Gasteiger partial charge in [0.25, 0.3) is 0 Å². The Bertz CT molecular complexity index is 623. The smallest absolute Gasteiger partial charge is 0.200 e. The van der Waals surface area contributed by atoms with E-state index in [-0.39, 0.29) is 5.56 Å². The number of hydrogen-bond donors (Lipinski definition) is 0. The third-order valence-electron chi connectivity index (χ3n) is 2.63. The molecule has 0 saturated heterocycles. The van der Waals surface area contributed by atoms with Crippen molar-refractivity contribution in [3.05, 3.63) is 68.3 Å². The Hall–Kier alpha value is -1.30. The Morgan fingerprint density at radius 3 is 2.44 bits per heavy atom. The van der Waals surface area contributed by atoms with Crippen molar-refractivity contribution in [3.63, 3.8) is 0 Å². The van der Waals surface area contributed by atoms with E-state index in [1.807, 2.05) is 22.6 Å². The van der Waals surface area contributed by atoms with E-state index in [2.05, 4.69) is 0 Å². The second-order valence-corrected chi connectivity index (χ2v) is 5.02. The number of aryl methyl sites for hydroxylation is 1. The fraction of sp³-hybridized carbons (Fsp3) is 0.0714. The fourth-order valence-corrected chi connectivity index (χ4v) is 2.28. The topological polar surface area (TPSA) is 17.1 Å². The summed E-state index contributed by atoms with van der Waals surface area (Å²) in [4.78, 5) is 12.2. The molecule has 0 spiro atoms. The lowest BCUT2D eigenvalue weighted by molar-refractivity contribution is 0.103. The van der Waals surface area contributed by atoms with Gasteiger partial charge in [-0.05, 0) is 53.3 Å². The van der Waals surface area contributed by atoms with Gasteiger partial charge in [-0.2, -0.15) is 0 Å². The van der Waals surface area contributed by atoms with E-state index >= 15 is 0 Å². The minimum absolute atomic E-state index is 0.255. The first kappa shape index (κ1) is 13.1. The number of carbonyl (C=O) groups is 1. The molecule has 0 fully saturated rings. The van der Waals surface area contributed by atoms with Crippen LogP contribution in [0, 0.1) is 22.1 Å². The lowest BCUT2D eigenvalue weighted by Gasteiger charge is -2.07. The quantitative estimate of drug-likeness (QED) is 0.583. The summed E-state index contributed by atoms with van der Waals surface area (Å²) in [6.45, 7) is 1.50. The second-order valence-electron chi connectivity index (χ2n) is 3.86. The SMILES string of the molecule is Cc1ccc(F)c(C(=O)c2ccccc2I)c1F. The molecule has 0 radical (unpaired) electrons. The monoisotopic (exact) mass is 358 g/mol. The molecule has 0 amide bonds. The first-order valence-corrected chi connectivity index (χ1v) is 6.34. The van der Waals surface area contributed by atoms with Crippen LogP contribution in [0.15, 0.2) is 36.4 Å². The number of benzene rings is 2. The highest BCUT2D eigenvalue weighted by molar-refractivity contribution is 14.1. The van der Waals surface area contributed by atoms with Crippen LogP contribution in [0.3, 0.4) is 0 Å². The van der Waals surface area contributed by atoms with Crippen molar-refractivity contribution in [2.75, 3.05) is 0 Å². The number of ketones is 1. The summed E-state index contributed by atoms with van der Waals surface area (Å²) in [5.74, 6) is -2.25. The number of carbonyl (C=O) groups excluding carboxylic acids is 1. The van der Waals surface area contributed by atoms with Crippen LogP contribution in [-0.4, -0.2) is 5.78 Å². The molecule has 2 aromatic carbocycles. The molecule has 0 unspecified atom stereocenters. The first-order valence-electron chi connectivity index (χ1n) is 5.26. The van der Waals surface area contributed by atoms with Crippen LogP contribution in [0.25, 0.3) is 0 Å². The molecule has 0 atom stereocenters. The summed E-state index contributed by atoms with van der Waals surface area (Å²) >= 11 is 1.97. The van der Waals surface area contributed by atoms with Crippen molar-refractivity contribution in [2.24, 2.45) is 0 Å². The molecule has 0 aliphatic carbocycles. The predicted molar refractivity (Wildman–Crippen MR) is 73.7 cm³/mol. The Kier molecular flexibility index (Phi) is 3.75. The lowest BCUT2D eigenvalue weighted by atomic mass is 10.0. The Labute approximate surface area is 117 Å². The zero-order valence-corrected chi connectivity index (χ0v) is 11.7. The number of rotatable bonds is 2. The minimum Gasteiger partial charge on any atom is -0.288 e. The molecule has 0 heterocycles. The average Bonchev–Trinajstić information content (AvgIpc) is 2.35. The van der Waals surface area contributed by atoms with Gasteiger partial charge in [0.05, 0.1) is 5.56 Å². The molecule has 92 valence electrons. The first-order chi connectivity index (χ1) is 8.52.